The van der Waals surface area contributed by atoms with Crippen LogP contribution in [0, 0.1) is 11.8 Å². The highest BCUT2D eigenvalue weighted by Gasteiger charge is 2.46. The summed E-state index contributed by atoms with van der Waals surface area (Å²) in [5.74, 6) is -2.78. The number of carbonyl (C=O) groups is 5. The molecule has 1 aromatic carbocycles. The summed E-state index contributed by atoms with van der Waals surface area (Å²) in [6.07, 6.45) is 5.41. The van der Waals surface area contributed by atoms with Gasteiger partial charge in [-0.3, -0.25) is 24.0 Å². The van der Waals surface area contributed by atoms with Crippen molar-refractivity contribution in [2.75, 3.05) is 13.2 Å². The van der Waals surface area contributed by atoms with Gasteiger partial charge in [-0.2, -0.15) is 0 Å². The second-order valence-electron chi connectivity index (χ2n) is 12.7. The van der Waals surface area contributed by atoms with Crippen LogP contribution in [0.3, 0.4) is 0 Å². The van der Waals surface area contributed by atoms with E-state index in [9.17, 15) is 24.0 Å². The molecule has 1 aliphatic carbocycles. The van der Waals surface area contributed by atoms with E-state index in [-0.39, 0.29) is 36.8 Å². The molecule has 0 bridgehead atoms. The monoisotopic (exact) mass is 690 g/mol. The van der Waals surface area contributed by atoms with Crippen LogP contribution in [0.15, 0.2) is 42.5 Å². The molecule has 1 aromatic rings. The number of aliphatic hydroxyl groups is 2. The molecule has 0 radical (unpaired) electrons. The Morgan fingerprint density at radius 3 is 1.90 bits per heavy atom. The number of unbranched alkanes of at least 4 members (excludes halogenated alkanes) is 1. The molecule has 0 amide bonds. The van der Waals surface area contributed by atoms with Gasteiger partial charge in [-0.25, -0.2) is 0 Å². The summed E-state index contributed by atoms with van der Waals surface area (Å²) < 4.78 is 27.4. The molecule has 2 N–H and O–H groups in total. The van der Waals surface area contributed by atoms with Gasteiger partial charge in [0.25, 0.3) is 0 Å². The van der Waals surface area contributed by atoms with Crippen molar-refractivity contribution in [3.05, 3.63) is 48.0 Å². The van der Waals surface area contributed by atoms with Crippen molar-refractivity contribution < 1.29 is 57.9 Å². The smallest absolute Gasteiger partial charge is 0.306 e. The lowest BCUT2D eigenvalue weighted by molar-refractivity contribution is -0.159. The quantitative estimate of drug-likeness (QED) is 0.0754. The molecule has 0 spiro atoms. The Morgan fingerprint density at radius 1 is 0.755 bits per heavy atom. The highest BCUT2D eigenvalue weighted by atomic mass is 16.6. The van der Waals surface area contributed by atoms with Gasteiger partial charge in [0.15, 0.2) is 0 Å². The molecule has 5 unspecified atom stereocenters. The van der Waals surface area contributed by atoms with E-state index in [0.717, 1.165) is 5.56 Å². The number of carbonyl (C=O) groups excluding carboxylic acids is 5. The fraction of sp³-hybridized carbons (Fsp3) is 0.649. The van der Waals surface area contributed by atoms with Crippen molar-refractivity contribution in [2.24, 2.45) is 11.8 Å². The SMILES string of the molecule is CC(=O)OC1CC(OC(C)=O)C(CCC(CCc2ccccc2)OC(=O)CCC(=O)OC(CO)CO)C1CC=CCCCC(=O)OC(C)C. The van der Waals surface area contributed by atoms with Gasteiger partial charge in [0.2, 0.25) is 0 Å². The van der Waals surface area contributed by atoms with E-state index in [4.69, 9.17) is 33.9 Å². The molecule has 1 aliphatic rings. The minimum absolute atomic E-state index is 0.158. The summed E-state index contributed by atoms with van der Waals surface area (Å²) in [6.45, 7) is 5.24. The number of aryl methyl sites for hydroxylation is 1. The van der Waals surface area contributed by atoms with Crippen LogP contribution in [0.4, 0.5) is 0 Å². The van der Waals surface area contributed by atoms with E-state index in [0.29, 0.717) is 57.8 Å². The molecular formula is C37H54O12. The van der Waals surface area contributed by atoms with Gasteiger partial charge >= 0.3 is 29.8 Å². The Hall–Kier alpha value is -3.77. The van der Waals surface area contributed by atoms with E-state index < -0.39 is 61.5 Å². The first-order chi connectivity index (χ1) is 23.4. The molecule has 2 rings (SSSR count). The molecule has 1 saturated carbocycles. The van der Waals surface area contributed by atoms with E-state index in [1.807, 2.05) is 56.3 Å². The number of allylic oxidation sites excluding steroid dienone is 2. The Bertz CT molecular complexity index is 1190. The van der Waals surface area contributed by atoms with E-state index in [1.54, 1.807) is 0 Å². The normalized spacial score (nSPS) is 19.5. The van der Waals surface area contributed by atoms with Crippen molar-refractivity contribution in [1.29, 1.82) is 0 Å². The highest BCUT2D eigenvalue weighted by Crippen LogP contribution is 2.42. The zero-order chi connectivity index (χ0) is 36.2. The molecule has 0 heterocycles. The summed E-state index contributed by atoms with van der Waals surface area (Å²) in [7, 11) is 0. The lowest BCUT2D eigenvalue weighted by atomic mass is 9.85. The van der Waals surface area contributed by atoms with Gasteiger partial charge in [-0.15, -0.1) is 0 Å². The predicted octanol–water partition coefficient (Wildman–Crippen LogP) is 4.56. The third kappa shape index (κ3) is 16.9. The van der Waals surface area contributed by atoms with Crippen LogP contribution in [0.1, 0.15) is 97.5 Å². The maximum absolute atomic E-state index is 12.9. The lowest BCUT2D eigenvalue weighted by Gasteiger charge is -2.27. The third-order valence-electron chi connectivity index (χ3n) is 8.25. The van der Waals surface area contributed by atoms with Gasteiger partial charge in [-0.1, -0.05) is 42.5 Å². The zero-order valence-electron chi connectivity index (χ0n) is 29.3. The zero-order valence-corrected chi connectivity index (χ0v) is 29.3. The number of rotatable bonds is 22. The molecule has 1 fully saturated rings. The second-order valence-corrected chi connectivity index (χ2v) is 12.7. The van der Waals surface area contributed by atoms with Gasteiger partial charge in [0.05, 0.1) is 32.2 Å². The summed E-state index contributed by atoms with van der Waals surface area (Å²) in [6, 6.07) is 9.76. The Labute approximate surface area is 289 Å². The fourth-order valence-electron chi connectivity index (χ4n) is 6.05. The van der Waals surface area contributed by atoms with Crippen LogP contribution in [0.25, 0.3) is 0 Å². The minimum atomic E-state index is -1.05. The first kappa shape index (κ1) is 41.4. The number of aliphatic hydroxyl groups excluding tert-OH is 2. The van der Waals surface area contributed by atoms with Crippen LogP contribution in [-0.2, 0) is 54.1 Å². The van der Waals surface area contributed by atoms with Crippen LogP contribution >= 0.6 is 0 Å². The van der Waals surface area contributed by atoms with Crippen LogP contribution < -0.4 is 0 Å². The van der Waals surface area contributed by atoms with Gasteiger partial charge in [0, 0.05) is 38.5 Å². The van der Waals surface area contributed by atoms with Crippen molar-refractivity contribution in [3.8, 4) is 0 Å². The van der Waals surface area contributed by atoms with Gasteiger partial charge in [0.1, 0.15) is 24.4 Å². The molecule has 0 aromatic heterocycles. The van der Waals surface area contributed by atoms with Crippen LogP contribution in [0.2, 0.25) is 0 Å². The predicted molar refractivity (Wildman–Crippen MR) is 179 cm³/mol. The molecule has 5 atom stereocenters. The largest absolute Gasteiger partial charge is 0.463 e. The first-order valence-corrected chi connectivity index (χ1v) is 17.2. The lowest BCUT2D eigenvalue weighted by Crippen LogP contribution is -2.29. The average molecular weight is 691 g/mol. The summed E-state index contributed by atoms with van der Waals surface area (Å²) in [5, 5.41) is 18.3. The second kappa shape index (κ2) is 22.8. The topological polar surface area (TPSA) is 172 Å². The number of esters is 5. The summed E-state index contributed by atoms with van der Waals surface area (Å²) >= 11 is 0. The highest BCUT2D eigenvalue weighted by molar-refractivity contribution is 5.77. The number of benzene rings is 1. The van der Waals surface area contributed by atoms with Gasteiger partial charge < -0.3 is 33.9 Å². The van der Waals surface area contributed by atoms with Crippen molar-refractivity contribution in [2.45, 2.75) is 129 Å². The molecule has 274 valence electrons. The number of ether oxygens (including phenoxy) is 5. The Morgan fingerprint density at radius 2 is 1.33 bits per heavy atom. The Balaban J connectivity index is 2.15. The van der Waals surface area contributed by atoms with E-state index in [2.05, 4.69) is 0 Å². The fourth-order valence-corrected chi connectivity index (χ4v) is 6.05. The summed E-state index contributed by atoms with van der Waals surface area (Å²) in [4.78, 5) is 60.9. The maximum Gasteiger partial charge on any atom is 0.306 e. The third-order valence-corrected chi connectivity index (χ3v) is 8.25. The molecule has 0 aliphatic heterocycles. The molecular weight excluding hydrogens is 636 g/mol. The minimum Gasteiger partial charge on any atom is -0.463 e. The number of hydrogen-bond acceptors (Lipinski definition) is 12. The molecule has 12 heteroatoms. The van der Waals surface area contributed by atoms with Gasteiger partial charge in [-0.05, 0) is 64.4 Å². The van der Waals surface area contributed by atoms with Crippen molar-refractivity contribution in [3.63, 3.8) is 0 Å². The molecule has 0 saturated heterocycles. The van der Waals surface area contributed by atoms with E-state index in [1.165, 1.54) is 13.8 Å². The molecule has 12 nitrogen and oxygen atoms in total. The Kier molecular flexibility index (Phi) is 19.3. The van der Waals surface area contributed by atoms with Crippen LogP contribution in [-0.4, -0.2) is 83.8 Å². The van der Waals surface area contributed by atoms with Crippen molar-refractivity contribution >= 4 is 29.8 Å². The average Bonchev–Trinajstić information content (AvgIpc) is 3.35. The standard InChI is InChI=1S/C37H54O12/c1-25(2)45-35(42)15-11-6-5-10-14-31-32(34(47-27(4)41)22-33(31)46-26(3)40)19-18-29(17-16-28-12-8-7-9-13-28)48-36(43)20-21-37(44)49-30(23-38)24-39/h5,7-10,12-13,25,29-34,38-39H,6,11,14-24H2,1-4H3. The van der Waals surface area contributed by atoms with Crippen molar-refractivity contribution in [1.82, 2.24) is 0 Å². The van der Waals surface area contributed by atoms with Crippen LogP contribution in [0.5, 0.6) is 0 Å². The number of hydrogen-bond donors (Lipinski definition) is 2. The summed E-state index contributed by atoms with van der Waals surface area (Å²) in [5.41, 5.74) is 1.07. The molecule has 49 heavy (non-hydrogen) atoms. The maximum atomic E-state index is 12.9. The van der Waals surface area contributed by atoms with E-state index >= 15 is 0 Å². The first-order valence-electron chi connectivity index (χ1n) is 17.2.